The Bertz CT molecular complexity index is 856. The Labute approximate surface area is 228 Å². The molecule has 3 rings (SSSR count). The zero-order chi connectivity index (χ0) is 29.9. The Balaban J connectivity index is 1.85. The summed E-state index contributed by atoms with van der Waals surface area (Å²) in [6.45, 7) is 2.49. The summed E-state index contributed by atoms with van der Waals surface area (Å²) in [5.74, 6) is 3.93. The SMILES string of the molecule is CC(=O)N[C@@H]1[C@@H](O)[C@H](O[C@@H]2O[C@H](CO)[C@@H](O)[C@H](O)[C@H]2NC(C)=O)[C@@H](CO[C@@H]2O[C@@H](C)[C@@H](O)[C@@H](ON)[C@@H]2O)O[C@H]1O. The minimum absolute atomic E-state index is 0.528. The van der Waals surface area contributed by atoms with E-state index in [-0.39, 0.29) is 0 Å². The topological polar surface area (TPSA) is 281 Å². The van der Waals surface area contributed by atoms with Crippen molar-refractivity contribution in [2.24, 2.45) is 5.90 Å². The van der Waals surface area contributed by atoms with Gasteiger partial charge in [-0.2, -0.15) is 0 Å². The van der Waals surface area contributed by atoms with Gasteiger partial charge in [-0.25, -0.2) is 5.90 Å². The average molecular weight is 586 g/mol. The molecule has 0 bridgehead atoms. The smallest absolute Gasteiger partial charge is 0.217 e. The van der Waals surface area contributed by atoms with Gasteiger partial charge in [-0.15, -0.1) is 0 Å². The van der Waals surface area contributed by atoms with E-state index >= 15 is 0 Å². The van der Waals surface area contributed by atoms with Crippen LogP contribution in [-0.2, 0) is 38.1 Å². The molecule has 0 aromatic rings. The second-order valence-corrected chi connectivity index (χ2v) is 9.94. The van der Waals surface area contributed by atoms with Crippen LogP contribution < -0.4 is 16.5 Å². The van der Waals surface area contributed by atoms with Gasteiger partial charge in [-0.1, -0.05) is 0 Å². The minimum Gasteiger partial charge on any atom is -0.394 e. The average Bonchev–Trinajstić information content (AvgIpc) is 2.89. The van der Waals surface area contributed by atoms with Crippen LogP contribution in [0.1, 0.15) is 20.8 Å². The molecule has 0 aromatic carbocycles. The van der Waals surface area contributed by atoms with Gasteiger partial charge in [0.05, 0.1) is 19.3 Å². The Morgan fingerprint density at radius 2 is 1.40 bits per heavy atom. The van der Waals surface area contributed by atoms with Gasteiger partial charge < -0.3 is 70.1 Å². The van der Waals surface area contributed by atoms with Crippen molar-refractivity contribution < 1.29 is 73.9 Å². The highest BCUT2D eigenvalue weighted by molar-refractivity contribution is 5.73. The first kappa shape index (κ1) is 32.9. The molecule has 0 aromatic heterocycles. The van der Waals surface area contributed by atoms with Crippen molar-refractivity contribution in [3.8, 4) is 0 Å². The summed E-state index contributed by atoms with van der Waals surface area (Å²) in [6, 6.07) is -2.80. The largest absolute Gasteiger partial charge is 0.394 e. The van der Waals surface area contributed by atoms with Gasteiger partial charge >= 0.3 is 0 Å². The number of hydrogen-bond acceptors (Lipinski definition) is 16. The lowest BCUT2D eigenvalue weighted by Crippen LogP contribution is -2.69. The van der Waals surface area contributed by atoms with E-state index in [1.807, 2.05) is 0 Å². The minimum atomic E-state index is -1.76. The Morgan fingerprint density at radius 1 is 0.775 bits per heavy atom. The summed E-state index contributed by atoms with van der Waals surface area (Å²) in [6.07, 6.45) is -18.9. The first-order chi connectivity index (χ1) is 18.8. The molecule has 3 heterocycles. The van der Waals surface area contributed by atoms with Crippen molar-refractivity contribution in [1.82, 2.24) is 10.6 Å². The second-order valence-electron chi connectivity index (χ2n) is 9.94. The molecule has 0 aliphatic carbocycles. The molecule has 0 radical (unpaired) electrons. The molecule has 3 saturated heterocycles. The van der Waals surface area contributed by atoms with Crippen LogP contribution in [0.2, 0.25) is 0 Å². The van der Waals surface area contributed by atoms with Gasteiger partial charge in [-0.3, -0.25) is 14.4 Å². The number of nitrogens with two attached hydrogens (primary N) is 1. The molecule has 3 aliphatic rings. The molecule has 0 spiro atoms. The van der Waals surface area contributed by atoms with Crippen molar-refractivity contribution >= 4 is 11.8 Å². The number of aliphatic hydroxyl groups is 7. The van der Waals surface area contributed by atoms with E-state index in [0.717, 1.165) is 13.8 Å². The number of ether oxygens (including phenoxy) is 5. The molecule has 18 nitrogen and oxygen atoms in total. The molecular weight excluding hydrogens is 546 g/mol. The van der Waals surface area contributed by atoms with Crippen molar-refractivity contribution in [2.75, 3.05) is 13.2 Å². The van der Waals surface area contributed by atoms with Crippen LogP contribution >= 0.6 is 0 Å². The van der Waals surface area contributed by atoms with Crippen LogP contribution in [0.4, 0.5) is 0 Å². The highest BCUT2D eigenvalue weighted by Crippen LogP contribution is 2.30. The highest BCUT2D eigenvalue weighted by atomic mass is 16.7. The number of nitrogens with one attached hydrogen (secondary N) is 2. The number of rotatable bonds is 9. The number of amides is 2. The summed E-state index contributed by atoms with van der Waals surface area (Å²) in [7, 11) is 0. The van der Waals surface area contributed by atoms with Gasteiger partial charge in [0.15, 0.2) is 18.9 Å². The van der Waals surface area contributed by atoms with E-state index in [1.165, 1.54) is 6.92 Å². The quantitative estimate of drug-likeness (QED) is 0.113. The summed E-state index contributed by atoms with van der Waals surface area (Å²) in [4.78, 5) is 28.1. The number of hydrogen-bond donors (Lipinski definition) is 10. The van der Waals surface area contributed by atoms with Crippen LogP contribution in [0.25, 0.3) is 0 Å². The zero-order valence-corrected chi connectivity index (χ0v) is 22.0. The predicted octanol–water partition coefficient (Wildman–Crippen LogP) is -6.36. The molecule has 232 valence electrons. The van der Waals surface area contributed by atoms with Crippen molar-refractivity contribution in [3.05, 3.63) is 0 Å². The van der Waals surface area contributed by atoms with E-state index in [9.17, 15) is 45.3 Å². The van der Waals surface area contributed by atoms with E-state index < -0.39 is 117 Å². The predicted molar refractivity (Wildman–Crippen MR) is 126 cm³/mol. The maximum atomic E-state index is 11.8. The maximum Gasteiger partial charge on any atom is 0.217 e. The first-order valence-corrected chi connectivity index (χ1v) is 12.6. The van der Waals surface area contributed by atoms with Gasteiger partial charge in [-0.05, 0) is 6.92 Å². The molecule has 11 N–H and O–H groups in total. The molecule has 3 aliphatic heterocycles. The molecule has 0 saturated carbocycles. The highest BCUT2D eigenvalue weighted by Gasteiger charge is 2.52. The first-order valence-electron chi connectivity index (χ1n) is 12.6. The Morgan fingerprint density at radius 3 is 1.98 bits per heavy atom. The standard InChI is InChI=1S/C22H39N3O15/c1-6-13(29)19(40-23)17(33)22(36-6)35-5-10-18(16(32)11(20(34)37-10)24-7(2)27)39-21-12(25-8(3)28)15(31)14(30)9(4-26)38-21/h6,9-22,26,29-34H,4-5,23H2,1-3H3,(H,24,27)(H,25,28)/t6-,9+,10+,11+,12+,13+,14+,15+,16+,17-,18+,19+,20+,21-,22+/m0/s1. The fourth-order valence-electron chi connectivity index (χ4n) is 4.85. The number of aliphatic hydroxyl groups excluding tert-OH is 7. The molecule has 18 heteroatoms. The van der Waals surface area contributed by atoms with Crippen molar-refractivity contribution in [1.29, 1.82) is 0 Å². The van der Waals surface area contributed by atoms with Gasteiger partial charge in [0.25, 0.3) is 0 Å². The van der Waals surface area contributed by atoms with Gasteiger partial charge in [0.1, 0.15) is 67.0 Å². The summed E-state index contributed by atoms with van der Waals surface area (Å²) < 4.78 is 28.1. The van der Waals surface area contributed by atoms with Crippen LogP contribution in [0.3, 0.4) is 0 Å². The van der Waals surface area contributed by atoms with Gasteiger partial charge in [0, 0.05) is 13.8 Å². The number of carbonyl (C=O) groups is 2. The van der Waals surface area contributed by atoms with Crippen molar-refractivity contribution in [2.45, 2.75) is 113 Å². The van der Waals surface area contributed by atoms with Crippen LogP contribution in [0.15, 0.2) is 0 Å². The second kappa shape index (κ2) is 14.0. The normalized spacial score (nSPS) is 46.0. The molecule has 15 atom stereocenters. The lowest BCUT2D eigenvalue weighted by atomic mass is 9.94. The van der Waals surface area contributed by atoms with Crippen molar-refractivity contribution in [3.63, 3.8) is 0 Å². The molecule has 0 unspecified atom stereocenters. The summed E-state index contributed by atoms with van der Waals surface area (Å²) in [5, 5.41) is 77.4. The number of carbonyl (C=O) groups excluding carboxylic acids is 2. The Hall–Kier alpha value is -1.62. The fourth-order valence-corrected chi connectivity index (χ4v) is 4.85. The fraction of sp³-hybridized carbons (Fsp3) is 0.909. The molecular formula is C22H39N3O15. The third-order valence-electron chi connectivity index (χ3n) is 6.97. The van der Waals surface area contributed by atoms with E-state index in [2.05, 4.69) is 15.5 Å². The van der Waals surface area contributed by atoms with E-state index in [1.54, 1.807) is 0 Å². The lowest BCUT2D eigenvalue weighted by Gasteiger charge is -2.48. The summed E-state index contributed by atoms with van der Waals surface area (Å²) >= 11 is 0. The van der Waals surface area contributed by atoms with Crippen LogP contribution in [-0.4, -0.2) is 153 Å². The third kappa shape index (κ3) is 7.23. The Kier molecular flexibility index (Phi) is 11.5. The van der Waals surface area contributed by atoms with Gasteiger partial charge in [0.2, 0.25) is 11.8 Å². The molecule has 3 fully saturated rings. The lowest BCUT2D eigenvalue weighted by molar-refractivity contribution is -0.342. The monoisotopic (exact) mass is 585 g/mol. The zero-order valence-electron chi connectivity index (χ0n) is 22.0. The van der Waals surface area contributed by atoms with Crippen LogP contribution in [0.5, 0.6) is 0 Å². The molecule has 40 heavy (non-hydrogen) atoms. The van der Waals surface area contributed by atoms with E-state index in [4.69, 9.17) is 29.6 Å². The maximum absolute atomic E-state index is 11.8. The summed E-state index contributed by atoms with van der Waals surface area (Å²) in [5.41, 5.74) is 0. The third-order valence-corrected chi connectivity index (χ3v) is 6.97. The van der Waals surface area contributed by atoms with E-state index in [0.29, 0.717) is 0 Å². The molecule has 2 amide bonds. The van der Waals surface area contributed by atoms with Crippen LogP contribution in [0, 0.1) is 0 Å².